The molecule has 2 rings (SSSR count). The Morgan fingerprint density at radius 1 is 0.900 bits per heavy atom. The fourth-order valence-electron chi connectivity index (χ4n) is 2.23. The molecule has 0 bridgehead atoms. The molecule has 0 saturated heterocycles. The minimum absolute atomic E-state index is 0.799. The van der Waals surface area contributed by atoms with Crippen LogP contribution in [0.5, 0.6) is 5.75 Å². The Labute approximate surface area is 122 Å². The first-order valence-electron chi connectivity index (χ1n) is 7.72. The van der Waals surface area contributed by atoms with Crippen LogP contribution in [0.4, 0.5) is 0 Å². The molecule has 0 aromatic heterocycles. The highest BCUT2D eigenvalue weighted by Gasteiger charge is 1.97. The maximum Gasteiger partial charge on any atom is 0.119 e. The van der Waals surface area contributed by atoms with Crippen LogP contribution >= 0.6 is 0 Å². The Kier molecular flexibility index (Phi) is 6.39. The van der Waals surface area contributed by atoms with Crippen molar-refractivity contribution in [2.45, 2.75) is 32.6 Å². The largest absolute Gasteiger partial charge is 0.494 e. The molecule has 0 saturated carbocycles. The molecule has 2 aromatic carbocycles. The Hall–Kier alpha value is -1.54. The molecular weight excluding hydrogens is 246 g/mol. The summed E-state index contributed by atoms with van der Waals surface area (Å²) in [5.74, 6) is 0.975. The average Bonchev–Trinajstić information content (AvgIpc) is 2.50. The zero-order valence-corrected chi connectivity index (χ0v) is 12.4. The summed E-state index contributed by atoms with van der Waals surface area (Å²) in [5, 5.41) is 5.96. The number of nitrogens with one attached hydrogen (secondary N) is 1. The van der Waals surface area contributed by atoms with Gasteiger partial charge in [-0.15, -0.1) is 0 Å². The molecule has 20 heavy (non-hydrogen) atoms. The first kappa shape index (κ1) is 14.9. The van der Waals surface area contributed by atoms with Crippen LogP contribution in [0.1, 0.15) is 32.6 Å². The Bertz CT molecular complexity index is 509. The van der Waals surface area contributed by atoms with Gasteiger partial charge in [-0.1, -0.05) is 43.7 Å². The van der Waals surface area contributed by atoms with Gasteiger partial charge in [-0.3, -0.25) is 0 Å². The second kappa shape index (κ2) is 8.60. The van der Waals surface area contributed by atoms with Gasteiger partial charge in [0.05, 0.1) is 6.61 Å². The molecule has 1 N–H and O–H groups in total. The molecule has 0 heterocycles. The van der Waals surface area contributed by atoms with Crippen molar-refractivity contribution >= 4 is 10.8 Å². The van der Waals surface area contributed by atoms with Crippen LogP contribution in [0, 0.1) is 0 Å². The number of unbranched alkanes of at least 4 members (excludes halogenated alkanes) is 2. The van der Waals surface area contributed by atoms with Crippen LogP contribution in [0.3, 0.4) is 0 Å². The number of hydrogen-bond acceptors (Lipinski definition) is 2. The van der Waals surface area contributed by atoms with Crippen molar-refractivity contribution in [3.63, 3.8) is 0 Å². The molecular formula is C18H25NO. The quantitative estimate of drug-likeness (QED) is 0.683. The van der Waals surface area contributed by atoms with E-state index in [1.807, 2.05) is 0 Å². The number of benzene rings is 2. The molecule has 0 radical (unpaired) electrons. The summed E-state index contributed by atoms with van der Waals surface area (Å²) < 4.78 is 5.81. The summed E-state index contributed by atoms with van der Waals surface area (Å²) in [6, 6.07) is 14.7. The van der Waals surface area contributed by atoms with Crippen LogP contribution in [-0.4, -0.2) is 19.7 Å². The predicted molar refractivity (Wildman–Crippen MR) is 86.5 cm³/mol. The lowest BCUT2D eigenvalue weighted by Gasteiger charge is -2.08. The van der Waals surface area contributed by atoms with Crippen LogP contribution in [0.25, 0.3) is 10.8 Å². The maximum absolute atomic E-state index is 5.81. The van der Waals surface area contributed by atoms with Crippen LogP contribution in [0.2, 0.25) is 0 Å². The van der Waals surface area contributed by atoms with E-state index in [0.717, 1.165) is 31.9 Å². The van der Waals surface area contributed by atoms with Gasteiger partial charge < -0.3 is 10.1 Å². The highest BCUT2D eigenvalue weighted by Crippen LogP contribution is 2.20. The molecule has 0 fully saturated rings. The van der Waals surface area contributed by atoms with Gasteiger partial charge in [0, 0.05) is 0 Å². The molecule has 2 heteroatoms. The summed E-state index contributed by atoms with van der Waals surface area (Å²) in [6.45, 7) is 5.26. The van der Waals surface area contributed by atoms with Gasteiger partial charge in [0.1, 0.15) is 5.75 Å². The smallest absolute Gasteiger partial charge is 0.119 e. The molecule has 0 amide bonds. The first-order chi connectivity index (χ1) is 9.90. The second-order valence-corrected chi connectivity index (χ2v) is 5.17. The Balaban J connectivity index is 1.65. The van der Waals surface area contributed by atoms with Crippen molar-refractivity contribution in [1.82, 2.24) is 5.32 Å². The van der Waals surface area contributed by atoms with E-state index in [1.54, 1.807) is 0 Å². The fraction of sp³-hybridized carbons (Fsp3) is 0.444. The standard InChI is InChI=1S/C18H25NO/c1-2-3-12-19-13-6-7-14-20-18-11-10-16-8-4-5-9-17(16)15-18/h4-5,8-11,15,19H,2-3,6-7,12-14H2,1H3. The van der Waals surface area contributed by atoms with Crippen molar-refractivity contribution in [2.24, 2.45) is 0 Å². The molecule has 2 aromatic rings. The number of hydrogen-bond donors (Lipinski definition) is 1. The highest BCUT2D eigenvalue weighted by atomic mass is 16.5. The van der Waals surface area contributed by atoms with Crippen LogP contribution < -0.4 is 10.1 Å². The summed E-state index contributed by atoms with van der Waals surface area (Å²) in [4.78, 5) is 0. The third-order valence-corrected chi connectivity index (χ3v) is 3.44. The molecule has 0 atom stereocenters. The molecule has 0 aliphatic rings. The van der Waals surface area contributed by atoms with Crippen molar-refractivity contribution in [2.75, 3.05) is 19.7 Å². The summed E-state index contributed by atoms with van der Waals surface area (Å²) in [6.07, 6.45) is 4.81. The van der Waals surface area contributed by atoms with E-state index in [9.17, 15) is 0 Å². The summed E-state index contributed by atoms with van der Waals surface area (Å²) in [7, 11) is 0. The number of fused-ring (bicyclic) bond motifs is 1. The van der Waals surface area contributed by atoms with Gasteiger partial charge in [0.25, 0.3) is 0 Å². The zero-order chi connectivity index (χ0) is 14.0. The van der Waals surface area contributed by atoms with Gasteiger partial charge in [-0.05, 0) is 55.3 Å². The molecule has 0 unspecified atom stereocenters. The minimum Gasteiger partial charge on any atom is -0.494 e. The molecule has 0 aliphatic carbocycles. The Morgan fingerprint density at radius 2 is 1.70 bits per heavy atom. The zero-order valence-electron chi connectivity index (χ0n) is 12.4. The van der Waals surface area contributed by atoms with Gasteiger partial charge in [0.2, 0.25) is 0 Å². The first-order valence-corrected chi connectivity index (χ1v) is 7.72. The van der Waals surface area contributed by atoms with Crippen molar-refractivity contribution in [3.05, 3.63) is 42.5 Å². The van der Waals surface area contributed by atoms with E-state index >= 15 is 0 Å². The van der Waals surface area contributed by atoms with E-state index in [1.165, 1.54) is 30.0 Å². The van der Waals surface area contributed by atoms with E-state index in [4.69, 9.17) is 4.74 Å². The SMILES string of the molecule is CCCCNCCCCOc1ccc2ccccc2c1. The van der Waals surface area contributed by atoms with Crippen LogP contribution in [0.15, 0.2) is 42.5 Å². The van der Waals surface area contributed by atoms with Gasteiger partial charge >= 0.3 is 0 Å². The topological polar surface area (TPSA) is 21.3 Å². The van der Waals surface area contributed by atoms with E-state index in [2.05, 4.69) is 54.7 Å². The lowest BCUT2D eigenvalue weighted by molar-refractivity contribution is 0.306. The Morgan fingerprint density at radius 3 is 2.55 bits per heavy atom. The number of rotatable bonds is 9. The third kappa shape index (κ3) is 4.86. The monoisotopic (exact) mass is 271 g/mol. The molecule has 108 valence electrons. The molecule has 2 nitrogen and oxygen atoms in total. The fourth-order valence-corrected chi connectivity index (χ4v) is 2.23. The van der Waals surface area contributed by atoms with Gasteiger partial charge in [-0.25, -0.2) is 0 Å². The van der Waals surface area contributed by atoms with Crippen molar-refractivity contribution in [1.29, 1.82) is 0 Å². The van der Waals surface area contributed by atoms with E-state index in [0.29, 0.717) is 0 Å². The van der Waals surface area contributed by atoms with E-state index < -0.39 is 0 Å². The van der Waals surface area contributed by atoms with Gasteiger partial charge in [-0.2, -0.15) is 0 Å². The summed E-state index contributed by atoms with van der Waals surface area (Å²) >= 11 is 0. The third-order valence-electron chi connectivity index (χ3n) is 3.44. The average molecular weight is 271 g/mol. The lowest BCUT2D eigenvalue weighted by atomic mass is 10.1. The van der Waals surface area contributed by atoms with Crippen LogP contribution in [-0.2, 0) is 0 Å². The lowest BCUT2D eigenvalue weighted by Crippen LogP contribution is -2.17. The minimum atomic E-state index is 0.799. The highest BCUT2D eigenvalue weighted by molar-refractivity contribution is 5.83. The summed E-state index contributed by atoms with van der Waals surface area (Å²) in [5.41, 5.74) is 0. The normalized spacial score (nSPS) is 10.8. The number of ether oxygens (including phenoxy) is 1. The van der Waals surface area contributed by atoms with Gasteiger partial charge in [0.15, 0.2) is 0 Å². The second-order valence-electron chi connectivity index (χ2n) is 5.17. The van der Waals surface area contributed by atoms with Crippen molar-refractivity contribution in [3.8, 4) is 5.75 Å². The maximum atomic E-state index is 5.81. The molecule has 0 aliphatic heterocycles. The molecule has 0 spiro atoms. The predicted octanol–water partition coefficient (Wildman–Crippen LogP) is 4.39. The van der Waals surface area contributed by atoms with Crippen molar-refractivity contribution < 1.29 is 4.74 Å². The van der Waals surface area contributed by atoms with E-state index in [-0.39, 0.29) is 0 Å².